The lowest BCUT2D eigenvalue weighted by Gasteiger charge is -2.30. The largest absolute Gasteiger partial charge is 0.357 e. The second-order valence-corrected chi connectivity index (χ2v) is 4.73. The van der Waals surface area contributed by atoms with Crippen molar-refractivity contribution >= 4 is 11.8 Å². The summed E-state index contributed by atoms with van der Waals surface area (Å²) in [5, 5.41) is 5.28. The van der Waals surface area contributed by atoms with Gasteiger partial charge >= 0.3 is 0 Å². The fourth-order valence-electron chi connectivity index (χ4n) is 2.44. The third-order valence-electron chi connectivity index (χ3n) is 3.55. The molecular formula is C12H23N3O2. The van der Waals surface area contributed by atoms with Crippen molar-refractivity contribution in [3.8, 4) is 0 Å². The molecule has 1 saturated carbocycles. The summed E-state index contributed by atoms with van der Waals surface area (Å²) in [6.07, 6.45) is 4.12. The number of likely N-dealkylation sites (N-methyl/N-ethyl adjacent to an activating group) is 1. The van der Waals surface area contributed by atoms with Gasteiger partial charge in [-0.1, -0.05) is 12.8 Å². The Morgan fingerprint density at radius 2 is 2.00 bits per heavy atom. The average Bonchev–Trinajstić information content (AvgIpc) is 2.37. The molecule has 0 aliphatic heterocycles. The van der Waals surface area contributed by atoms with Gasteiger partial charge in [0.15, 0.2) is 0 Å². The van der Waals surface area contributed by atoms with Gasteiger partial charge in [-0.3, -0.25) is 9.59 Å². The van der Waals surface area contributed by atoms with E-state index in [1.807, 2.05) is 0 Å². The first-order valence-electron chi connectivity index (χ1n) is 6.32. The molecule has 1 aliphatic rings. The highest BCUT2D eigenvalue weighted by Gasteiger charge is 2.31. The van der Waals surface area contributed by atoms with Gasteiger partial charge in [0.25, 0.3) is 0 Å². The topological polar surface area (TPSA) is 84.2 Å². The summed E-state index contributed by atoms with van der Waals surface area (Å²) >= 11 is 0. The molecule has 5 heteroatoms. The van der Waals surface area contributed by atoms with Crippen molar-refractivity contribution in [2.24, 2.45) is 17.6 Å². The Labute approximate surface area is 103 Å². The van der Waals surface area contributed by atoms with Crippen LogP contribution >= 0.6 is 0 Å². The number of amides is 2. The maximum atomic E-state index is 12.1. The van der Waals surface area contributed by atoms with E-state index in [9.17, 15) is 9.59 Å². The van der Waals surface area contributed by atoms with Gasteiger partial charge in [-0.2, -0.15) is 0 Å². The van der Waals surface area contributed by atoms with Crippen molar-refractivity contribution in [3.63, 3.8) is 0 Å². The third kappa shape index (κ3) is 3.70. The molecule has 17 heavy (non-hydrogen) atoms. The predicted octanol–water partition coefficient (Wildman–Crippen LogP) is 0.00220. The lowest BCUT2D eigenvalue weighted by Crippen LogP contribution is -2.48. The Balaban J connectivity index is 2.53. The van der Waals surface area contributed by atoms with Crippen molar-refractivity contribution in [1.82, 2.24) is 10.6 Å². The van der Waals surface area contributed by atoms with Crippen LogP contribution in [0, 0.1) is 11.8 Å². The van der Waals surface area contributed by atoms with Gasteiger partial charge in [0.1, 0.15) is 6.04 Å². The summed E-state index contributed by atoms with van der Waals surface area (Å²) in [6.45, 7) is 2.24. The summed E-state index contributed by atoms with van der Waals surface area (Å²) in [6, 6.07) is -0.479. The monoisotopic (exact) mass is 241 g/mol. The molecule has 0 heterocycles. The summed E-state index contributed by atoms with van der Waals surface area (Å²) in [4.78, 5) is 23.4. The molecular weight excluding hydrogens is 218 g/mol. The lowest BCUT2D eigenvalue weighted by atomic mass is 9.78. The van der Waals surface area contributed by atoms with E-state index in [1.54, 1.807) is 14.0 Å². The number of rotatable bonds is 4. The van der Waals surface area contributed by atoms with Crippen molar-refractivity contribution in [3.05, 3.63) is 0 Å². The molecule has 1 rings (SSSR count). The second-order valence-electron chi connectivity index (χ2n) is 4.73. The van der Waals surface area contributed by atoms with E-state index in [1.165, 1.54) is 0 Å². The smallest absolute Gasteiger partial charge is 0.242 e. The molecule has 1 aliphatic carbocycles. The molecule has 1 fully saturated rings. The van der Waals surface area contributed by atoms with Gasteiger partial charge in [0.05, 0.1) is 0 Å². The first-order chi connectivity index (χ1) is 8.10. The minimum atomic E-state index is -0.479. The van der Waals surface area contributed by atoms with Crippen LogP contribution in [0.25, 0.3) is 0 Å². The Hall–Kier alpha value is -1.10. The van der Waals surface area contributed by atoms with Gasteiger partial charge in [-0.25, -0.2) is 0 Å². The SMILES string of the molecule is CNC(=O)C(C)NC(=O)C1CCCCC1CN. The van der Waals surface area contributed by atoms with Crippen LogP contribution in [0.4, 0.5) is 0 Å². The van der Waals surface area contributed by atoms with Crippen LogP contribution in [-0.4, -0.2) is 31.4 Å². The molecule has 0 saturated heterocycles. The molecule has 4 N–H and O–H groups in total. The standard InChI is InChI=1S/C12H23N3O2/c1-8(11(16)14-2)15-12(17)10-6-4-3-5-9(10)7-13/h8-10H,3-7,13H2,1-2H3,(H,14,16)(H,15,17). The Morgan fingerprint density at radius 3 is 2.59 bits per heavy atom. The predicted molar refractivity (Wildman–Crippen MR) is 66.2 cm³/mol. The van der Waals surface area contributed by atoms with Gasteiger partial charge in [-0.15, -0.1) is 0 Å². The summed E-state index contributed by atoms with van der Waals surface area (Å²) in [5.41, 5.74) is 5.69. The molecule has 0 radical (unpaired) electrons. The molecule has 3 unspecified atom stereocenters. The third-order valence-corrected chi connectivity index (χ3v) is 3.55. The van der Waals surface area contributed by atoms with Crippen molar-refractivity contribution in [1.29, 1.82) is 0 Å². The van der Waals surface area contributed by atoms with Crippen molar-refractivity contribution in [2.75, 3.05) is 13.6 Å². The van der Waals surface area contributed by atoms with Crippen molar-refractivity contribution < 1.29 is 9.59 Å². The van der Waals surface area contributed by atoms with E-state index in [2.05, 4.69) is 10.6 Å². The number of carbonyl (C=O) groups is 2. The minimum absolute atomic E-state index is 0.0270. The highest BCUT2D eigenvalue weighted by atomic mass is 16.2. The molecule has 0 aromatic rings. The molecule has 0 aromatic carbocycles. The Morgan fingerprint density at radius 1 is 1.35 bits per heavy atom. The number of hydrogen-bond donors (Lipinski definition) is 3. The van der Waals surface area contributed by atoms with Gasteiger partial charge in [0, 0.05) is 13.0 Å². The van der Waals surface area contributed by atoms with Crippen LogP contribution in [0.15, 0.2) is 0 Å². The minimum Gasteiger partial charge on any atom is -0.357 e. The highest BCUT2D eigenvalue weighted by molar-refractivity contribution is 5.88. The van der Waals surface area contributed by atoms with E-state index >= 15 is 0 Å². The fourth-order valence-corrected chi connectivity index (χ4v) is 2.44. The van der Waals surface area contributed by atoms with Crippen LogP contribution in [0.5, 0.6) is 0 Å². The zero-order valence-corrected chi connectivity index (χ0v) is 10.7. The van der Waals surface area contributed by atoms with Crippen molar-refractivity contribution in [2.45, 2.75) is 38.6 Å². The summed E-state index contributed by atoms with van der Waals surface area (Å²) in [5.74, 6) is 0.0381. The van der Waals surface area contributed by atoms with Gasteiger partial charge < -0.3 is 16.4 Å². The van der Waals surface area contributed by atoms with Crippen LogP contribution in [0.2, 0.25) is 0 Å². The lowest BCUT2D eigenvalue weighted by molar-refractivity contribution is -0.132. The summed E-state index contributed by atoms with van der Waals surface area (Å²) in [7, 11) is 1.56. The van der Waals surface area contributed by atoms with E-state index in [0.29, 0.717) is 6.54 Å². The van der Waals surface area contributed by atoms with E-state index in [0.717, 1.165) is 25.7 Å². The summed E-state index contributed by atoms with van der Waals surface area (Å²) < 4.78 is 0. The normalized spacial score (nSPS) is 26.1. The number of nitrogens with one attached hydrogen (secondary N) is 2. The first kappa shape index (κ1) is 14.0. The molecule has 0 bridgehead atoms. The van der Waals surface area contributed by atoms with Crippen LogP contribution < -0.4 is 16.4 Å². The maximum absolute atomic E-state index is 12.1. The van der Waals surface area contributed by atoms with E-state index < -0.39 is 6.04 Å². The molecule has 98 valence electrons. The van der Waals surface area contributed by atoms with Crippen LogP contribution in [-0.2, 0) is 9.59 Å². The number of carbonyl (C=O) groups excluding carboxylic acids is 2. The maximum Gasteiger partial charge on any atom is 0.242 e. The quantitative estimate of drug-likeness (QED) is 0.648. The van der Waals surface area contributed by atoms with E-state index in [-0.39, 0.29) is 23.7 Å². The van der Waals surface area contributed by atoms with Gasteiger partial charge in [0.2, 0.25) is 11.8 Å². The van der Waals surface area contributed by atoms with Crippen LogP contribution in [0.1, 0.15) is 32.6 Å². The zero-order chi connectivity index (χ0) is 12.8. The molecule has 0 aromatic heterocycles. The highest BCUT2D eigenvalue weighted by Crippen LogP contribution is 2.29. The number of nitrogens with two attached hydrogens (primary N) is 1. The van der Waals surface area contributed by atoms with E-state index in [4.69, 9.17) is 5.73 Å². The van der Waals surface area contributed by atoms with Gasteiger partial charge in [-0.05, 0) is 32.2 Å². The Kier molecular flexibility index (Phi) is 5.41. The number of hydrogen-bond acceptors (Lipinski definition) is 3. The second kappa shape index (κ2) is 6.59. The molecule has 3 atom stereocenters. The first-order valence-corrected chi connectivity index (χ1v) is 6.32. The molecule has 0 spiro atoms. The average molecular weight is 241 g/mol. The Bertz CT molecular complexity index is 281. The zero-order valence-electron chi connectivity index (χ0n) is 10.7. The molecule has 2 amide bonds. The van der Waals surface area contributed by atoms with Crippen LogP contribution in [0.3, 0.4) is 0 Å². The fraction of sp³-hybridized carbons (Fsp3) is 0.833. The molecule has 5 nitrogen and oxygen atoms in total.